The van der Waals surface area contributed by atoms with E-state index in [-0.39, 0.29) is 31.2 Å². The number of rotatable bonds is 7. The lowest BCUT2D eigenvalue weighted by atomic mass is 10.0. The summed E-state index contributed by atoms with van der Waals surface area (Å²) in [5.74, 6) is -0.328. The minimum absolute atomic E-state index is 0.0819. The summed E-state index contributed by atoms with van der Waals surface area (Å²) in [5.41, 5.74) is 1.44. The summed E-state index contributed by atoms with van der Waals surface area (Å²) in [6.45, 7) is 0.561. The molecule has 0 bridgehead atoms. The first-order valence-corrected chi connectivity index (χ1v) is 10.8. The molecule has 0 aliphatic carbocycles. The Morgan fingerprint density at radius 2 is 1.48 bits per heavy atom. The molecule has 3 N–H and O–H groups in total. The lowest BCUT2D eigenvalue weighted by molar-refractivity contribution is -0.138. The van der Waals surface area contributed by atoms with Gasteiger partial charge in [-0.3, -0.25) is 9.59 Å². The van der Waals surface area contributed by atoms with Gasteiger partial charge in [-0.1, -0.05) is 24.3 Å². The Kier molecular flexibility index (Phi) is 8.10. The number of carbonyl (C=O) groups is 2. The number of nitrogens with zero attached hydrogens (tertiary/aromatic N) is 1. The molecule has 0 spiro atoms. The number of carbonyl (C=O) groups excluding carboxylic acids is 2. The third kappa shape index (κ3) is 7.30. The molecular weight excluding hydrogens is 437 g/mol. The van der Waals surface area contributed by atoms with Crippen LogP contribution in [0.5, 0.6) is 0 Å². The second-order valence-electron chi connectivity index (χ2n) is 8.20. The minimum Gasteiger partial charge on any atom is -0.390 e. The summed E-state index contributed by atoms with van der Waals surface area (Å²) >= 11 is 0. The summed E-state index contributed by atoms with van der Waals surface area (Å²) in [5, 5.41) is 22.0. The van der Waals surface area contributed by atoms with Gasteiger partial charge >= 0.3 is 6.18 Å². The molecule has 1 heterocycles. The van der Waals surface area contributed by atoms with Gasteiger partial charge in [-0.25, -0.2) is 0 Å². The van der Waals surface area contributed by atoms with Crippen LogP contribution in [0.2, 0.25) is 0 Å². The van der Waals surface area contributed by atoms with Gasteiger partial charge in [0, 0.05) is 31.6 Å². The average Bonchev–Trinajstić information content (AvgIpc) is 2.78. The Morgan fingerprint density at radius 1 is 0.909 bits per heavy atom. The van der Waals surface area contributed by atoms with E-state index in [1.165, 1.54) is 12.1 Å². The van der Waals surface area contributed by atoms with Crippen molar-refractivity contribution in [3.8, 4) is 0 Å². The van der Waals surface area contributed by atoms with Crippen molar-refractivity contribution in [3.63, 3.8) is 0 Å². The number of likely N-dealkylation sites (tertiary alicyclic amines) is 1. The zero-order valence-electron chi connectivity index (χ0n) is 18.0. The monoisotopic (exact) mass is 464 g/mol. The third-order valence-electron chi connectivity index (χ3n) is 5.69. The summed E-state index contributed by atoms with van der Waals surface area (Å²) in [6, 6.07) is 11.9. The van der Waals surface area contributed by atoms with E-state index in [4.69, 9.17) is 0 Å². The number of anilines is 1. The van der Waals surface area contributed by atoms with Gasteiger partial charge in [0.1, 0.15) is 0 Å². The summed E-state index contributed by atoms with van der Waals surface area (Å²) in [6.07, 6.45) is -4.46. The van der Waals surface area contributed by atoms with Gasteiger partial charge < -0.3 is 20.4 Å². The van der Waals surface area contributed by atoms with Crippen LogP contribution in [-0.4, -0.2) is 52.2 Å². The van der Waals surface area contributed by atoms with Crippen LogP contribution in [0.4, 0.5) is 18.9 Å². The number of benzene rings is 2. The van der Waals surface area contributed by atoms with Crippen LogP contribution in [0.3, 0.4) is 0 Å². The van der Waals surface area contributed by atoms with Gasteiger partial charge in [0.05, 0.1) is 17.8 Å². The van der Waals surface area contributed by atoms with Crippen LogP contribution in [0.25, 0.3) is 0 Å². The fraction of sp³-hybridized carbons (Fsp3) is 0.417. The Bertz CT molecular complexity index is 946. The SMILES string of the molecule is O=C(CCc1ccc(C(F)(F)F)cc1)Nc1ccc(CCC(=O)N2CC[C@@H](O)[C@H](O)C2)cc1. The maximum atomic E-state index is 12.6. The molecule has 2 atom stereocenters. The van der Waals surface area contributed by atoms with Gasteiger partial charge in [-0.05, 0) is 54.7 Å². The van der Waals surface area contributed by atoms with Gasteiger partial charge in [0.25, 0.3) is 0 Å². The molecule has 1 fully saturated rings. The molecule has 0 aromatic heterocycles. The van der Waals surface area contributed by atoms with E-state index in [1.807, 2.05) is 12.1 Å². The minimum atomic E-state index is -4.38. The molecule has 2 aromatic carbocycles. The number of aliphatic hydroxyl groups excluding tert-OH is 2. The molecule has 2 aromatic rings. The lowest BCUT2D eigenvalue weighted by Crippen LogP contribution is -2.49. The number of aliphatic hydroxyl groups is 2. The standard InChI is InChI=1S/C24H27F3N2O4/c25-24(26,27)18-7-1-16(2-8-18)5-11-22(32)28-19-9-3-17(4-10-19)6-12-23(33)29-14-13-20(30)21(31)15-29/h1-4,7-10,20-21,30-31H,5-6,11-15H2,(H,28,32)/t20-,21-/m1/s1. The van der Waals surface area contributed by atoms with Crippen LogP contribution in [0, 0.1) is 0 Å². The number of nitrogens with one attached hydrogen (secondary N) is 1. The first-order valence-electron chi connectivity index (χ1n) is 10.8. The Labute approximate surface area is 190 Å². The molecule has 9 heteroatoms. The van der Waals surface area contributed by atoms with E-state index < -0.39 is 23.9 Å². The second kappa shape index (κ2) is 10.8. The van der Waals surface area contributed by atoms with E-state index in [2.05, 4.69) is 5.32 Å². The number of alkyl halides is 3. The summed E-state index contributed by atoms with van der Waals surface area (Å²) in [7, 11) is 0. The van der Waals surface area contributed by atoms with Crippen LogP contribution >= 0.6 is 0 Å². The molecule has 2 amide bonds. The number of halogens is 3. The highest BCUT2D eigenvalue weighted by molar-refractivity contribution is 5.90. The third-order valence-corrected chi connectivity index (χ3v) is 5.69. The van der Waals surface area contributed by atoms with E-state index >= 15 is 0 Å². The van der Waals surface area contributed by atoms with Crippen molar-refractivity contribution < 1.29 is 33.0 Å². The first kappa shape index (κ1) is 24.7. The summed E-state index contributed by atoms with van der Waals surface area (Å²) < 4.78 is 37.8. The zero-order valence-corrected chi connectivity index (χ0v) is 18.0. The predicted molar refractivity (Wildman–Crippen MR) is 116 cm³/mol. The van der Waals surface area contributed by atoms with Crippen LogP contribution in [-0.2, 0) is 28.6 Å². The first-order chi connectivity index (χ1) is 15.6. The number of amides is 2. The van der Waals surface area contributed by atoms with Gasteiger partial charge in [-0.2, -0.15) is 13.2 Å². The van der Waals surface area contributed by atoms with Gasteiger partial charge in [0.2, 0.25) is 11.8 Å². The van der Waals surface area contributed by atoms with Crippen LogP contribution < -0.4 is 5.32 Å². The molecule has 1 aliphatic heterocycles. The van der Waals surface area contributed by atoms with Crippen molar-refractivity contribution >= 4 is 17.5 Å². The van der Waals surface area contributed by atoms with Crippen molar-refractivity contribution in [1.29, 1.82) is 0 Å². The maximum Gasteiger partial charge on any atom is 0.416 e. The molecule has 0 radical (unpaired) electrons. The Hall–Kier alpha value is -2.91. The summed E-state index contributed by atoms with van der Waals surface area (Å²) in [4.78, 5) is 26.0. The number of aryl methyl sites for hydroxylation is 2. The van der Waals surface area contributed by atoms with E-state index in [9.17, 15) is 33.0 Å². The fourth-order valence-electron chi connectivity index (χ4n) is 3.65. The van der Waals surface area contributed by atoms with Gasteiger partial charge in [0.15, 0.2) is 0 Å². The van der Waals surface area contributed by atoms with Crippen molar-refractivity contribution in [3.05, 3.63) is 65.2 Å². The molecule has 33 heavy (non-hydrogen) atoms. The molecule has 1 saturated heterocycles. The van der Waals surface area contributed by atoms with Crippen molar-refractivity contribution in [1.82, 2.24) is 4.90 Å². The fourth-order valence-corrected chi connectivity index (χ4v) is 3.65. The highest BCUT2D eigenvalue weighted by Gasteiger charge is 2.30. The highest BCUT2D eigenvalue weighted by Crippen LogP contribution is 2.29. The lowest BCUT2D eigenvalue weighted by Gasteiger charge is -2.33. The topological polar surface area (TPSA) is 89.9 Å². The molecule has 0 unspecified atom stereocenters. The number of hydrogen-bond donors (Lipinski definition) is 3. The van der Waals surface area contributed by atoms with E-state index in [0.717, 1.165) is 17.7 Å². The van der Waals surface area contributed by atoms with E-state index in [0.29, 0.717) is 37.1 Å². The number of piperidine rings is 1. The quantitative estimate of drug-likeness (QED) is 0.587. The predicted octanol–water partition coefficient (Wildman–Crippen LogP) is 3.16. The molecule has 3 rings (SSSR count). The second-order valence-corrected chi connectivity index (χ2v) is 8.20. The normalized spacial score (nSPS) is 18.8. The Balaban J connectivity index is 1.41. The molecule has 6 nitrogen and oxygen atoms in total. The molecule has 1 aliphatic rings. The van der Waals surface area contributed by atoms with Crippen molar-refractivity contribution in [2.75, 3.05) is 18.4 Å². The van der Waals surface area contributed by atoms with Crippen LogP contribution in [0.15, 0.2) is 48.5 Å². The van der Waals surface area contributed by atoms with Crippen molar-refractivity contribution in [2.24, 2.45) is 0 Å². The van der Waals surface area contributed by atoms with Crippen LogP contribution in [0.1, 0.15) is 36.0 Å². The largest absolute Gasteiger partial charge is 0.416 e. The zero-order chi connectivity index (χ0) is 24.0. The smallest absolute Gasteiger partial charge is 0.390 e. The average molecular weight is 464 g/mol. The highest BCUT2D eigenvalue weighted by atomic mass is 19.4. The van der Waals surface area contributed by atoms with Gasteiger partial charge in [-0.15, -0.1) is 0 Å². The van der Waals surface area contributed by atoms with E-state index in [1.54, 1.807) is 17.0 Å². The molecule has 178 valence electrons. The molecular formula is C24H27F3N2O4. The Morgan fingerprint density at radius 3 is 2.06 bits per heavy atom. The number of β-amino-alcohol motifs (C(OH)–C–C–N with tert-alkyl or cyclic N) is 1. The van der Waals surface area contributed by atoms with Crippen molar-refractivity contribution in [2.45, 2.75) is 50.5 Å². The molecule has 0 saturated carbocycles. The maximum absolute atomic E-state index is 12.6. The number of hydrogen-bond acceptors (Lipinski definition) is 4.